The maximum absolute atomic E-state index is 13.2. The molecule has 1 aliphatic carbocycles. The highest BCUT2D eigenvalue weighted by molar-refractivity contribution is 7.10. The van der Waals surface area contributed by atoms with Crippen LogP contribution in [0.1, 0.15) is 54.7 Å². The Labute approximate surface area is 174 Å². The lowest BCUT2D eigenvalue weighted by molar-refractivity contribution is -0.135. The number of amides is 4. The summed E-state index contributed by atoms with van der Waals surface area (Å²) in [4.78, 5) is 40.8. The Balaban J connectivity index is 1.49. The van der Waals surface area contributed by atoms with Gasteiger partial charge in [0.1, 0.15) is 12.1 Å². The largest absolute Gasteiger partial charge is 0.348 e. The molecule has 1 aromatic carbocycles. The zero-order valence-corrected chi connectivity index (χ0v) is 17.3. The van der Waals surface area contributed by atoms with Gasteiger partial charge in [0.15, 0.2) is 0 Å². The molecule has 0 unspecified atom stereocenters. The molecule has 6 nitrogen and oxygen atoms in total. The summed E-state index contributed by atoms with van der Waals surface area (Å²) in [5, 5.41) is 7.85. The van der Waals surface area contributed by atoms with Gasteiger partial charge >= 0.3 is 6.03 Å². The van der Waals surface area contributed by atoms with Crippen molar-refractivity contribution in [3.8, 4) is 0 Å². The summed E-state index contributed by atoms with van der Waals surface area (Å²) >= 11 is 1.61. The van der Waals surface area contributed by atoms with Gasteiger partial charge < -0.3 is 10.6 Å². The SMILES string of the molecule is CCC[C@@H](NC(=O)CN1C(=O)N[C@@]2(CCCc3sccc32)C1=O)c1ccccc1. The number of benzene rings is 1. The third-order valence-corrected chi connectivity index (χ3v) is 6.73. The zero-order chi connectivity index (χ0) is 20.4. The van der Waals surface area contributed by atoms with Crippen LogP contribution in [0.2, 0.25) is 0 Å². The average molecular weight is 412 g/mol. The monoisotopic (exact) mass is 411 g/mol. The average Bonchev–Trinajstić information content (AvgIpc) is 3.29. The van der Waals surface area contributed by atoms with E-state index >= 15 is 0 Å². The molecule has 7 heteroatoms. The predicted molar refractivity (Wildman–Crippen MR) is 111 cm³/mol. The Morgan fingerprint density at radius 2 is 2.07 bits per heavy atom. The van der Waals surface area contributed by atoms with E-state index < -0.39 is 11.6 Å². The first-order valence-electron chi connectivity index (χ1n) is 10.1. The van der Waals surface area contributed by atoms with Crippen LogP contribution in [0.15, 0.2) is 41.8 Å². The van der Waals surface area contributed by atoms with Crippen molar-refractivity contribution >= 4 is 29.2 Å². The number of hydrogen-bond acceptors (Lipinski definition) is 4. The third kappa shape index (κ3) is 3.55. The van der Waals surface area contributed by atoms with Crippen molar-refractivity contribution in [2.24, 2.45) is 0 Å². The van der Waals surface area contributed by atoms with Crippen LogP contribution in [-0.4, -0.2) is 29.3 Å². The molecule has 2 aromatic rings. The summed E-state index contributed by atoms with van der Waals surface area (Å²) in [6.45, 7) is 1.80. The van der Waals surface area contributed by atoms with Crippen LogP contribution in [0.25, 0.3) is 0 Å². The highest BCUT2D eigenvalue weighted by Crippen LogP contribution is 2.42. The van der Waals surface area contributed by atoms with Gasteiger partial charge in [-0.1, -0.05) is 43.7 Å². The number of rotatable bonds is 6. The molecule has 2 aliphatic rings. The molecule has 1 fully saturated rings. The molecule has 1 aliphatic heterocycles. The van der Waals surface area contributed by atoms with Crippen LogP contribution in [-0.2, 0) is 21.5 Å². The van der Waals surface area contributed by atoms with Crippen LogP contribution in [0.5, 0.6) is 0 Å². The lowest BCUT2D eigenvalue weighted by Crippen LogP contribution is -2.47. The number of fused-ring (bicyclic) bond motifs is 2. The fraction of sp³-hybridized carbons (Fsp3) is 0.409. The first-order chi connectivity index (χ1) is 14.0. The second-order valence-electron chi connectivity index (χ2n) is 7.66. The van der Waals surface area contributed by atoms with Crippen molar-refractivity contribution in [2.75, 3.05) is 6.54 Å². The quantitative estimate of drug-likeness (QED) is 0.714. The molecule has 0 saturated carbocycles. The highest BCUT2D eigenvalue weighted by Gasteiger charge is 2.54. The highest BCUT2D eigenvalue weighted by atomic mass is 32.1. The summed E-state index contributed by atoms with van der Waals surface area (Å²) in [5.41, 5.74) is 0.905. The van der Waals surface area contributed by atoms with Gasteiger partial charge in [-0.05, 0) is 42.7 Å². The van der Waals surface area contributed by atoms with Crippen LogP contribution in [0.3, 0.4) is 0 Å². The van der Waals surface area contributed by atoms with Gasteiger partial charge in [0.05, 0.1) is 6.04 Å². The minimum atomic E-state index is -1.01. The second-order valence-corrected chi connectivity index (χ2v) is 8.66. The molecule has 1 saturated heterocycles. The normalized spacial score (nSPS) is 21.8. The summed E-state index contributed by atoms with van der Waals surface area (Å²) in [6.07, 6.45) is 4.04. The molecule has 4 amide bonds. The fourth-order valence-electron chi connectivity index (χ4n) is 4.36. The Bertz CT molecular complexity index is 926. The van der Waals surface area contributed by atoms with E-state index in [2.05, 4.69) is 17.6 Å². The van der Waals surface area contributed by atoms with E-state index in [0.717, 1.165) is 46.6 Å². The van der Waals surface area contributed by atoms with Gasteiger partial charge in [-0.25, -0.2) is 4.79 Å². The van der Waals surface area contributed by atoms with E-state index in [1.807, 2.05) is 41.8 Å². The van der Waals surface area contributed by atoms with Crippen LogP contribution in [0, 0.1) is 0 Å². The summed E-state index contributed by atoms with van der Waals surface area (Å²) in [5.74, 6) is -0.641. The molecule has 0 bridgehead atoms. The maximum atomic E-state index is 13.2. The molecule has 1 spiro atoms. The fourth-order valence-corrected chi connectivity index (χ4v) is 5.36. The number of hydrogen-bond donors (Lipinski definition) is 2. The number of carbonyl (C=O) groups is 3. The van der Waals surface area contributed by atoms with Crippen molar-refractivity contribution < 1.29 is 14.4 Å². The van der Waals surface area contributed by atoms with Gasteiger partial charge in [0.2, 0.25) is 5.91 Å². The topological polar surface area (TPSA) is 78.5 Å². The molecular weight excluding hydrogens is 386 g/mol. The molecule has 4 rings (SSSR count). The van der Waals surface area contributed by atoms with E-state index in [1.165, 1.54) is 0 Å². The number of urea groups is 1. The van der Waals surface area contributed by atoms with Crippen molar-refractivity contribution in [2.45, 2.75) is 50.6 Å². The van der Waals surface area contributed by atoms with E-state index in [1.54, 1.807) is 11.3 Å². The van der Waals surface area contributed by atoms with Crippen molar-refractivity contribution in [1.29, 1.82) is 0 Å². The number of thiophene rings is 1. The van der Waals surface area contributed by atoms with E-state index in [0.29, 0.717) is 6.42 Å². The predicted octanol–water partition coefficient (Wildman–Crippen LogP) is 3.49. The molecule has 2 heterocycles. The van der Waals surface area contributed by atoms with Crippen molar-refractivity contribution in [1.82, 2.24) is 15.5 Å². The van der Waals surface area contributed by atoms with Crippen molar-refractivity contribution in [3.63, 3.8) is 0 Å². The van der Waals surface area contributed by atoms with Gasteiger partial charge in [0, 0.05) is 10.4 Å². The lowest BCUT2D eigenvalue weighted by atomic mass is 9.80. The van der Waals surface area contributed by atoms with Crippen LogP contribution < -0.4 is 10.6 Å². The van der Waals surface area contributed by atoms with E-state index in [4.69, 9.17) is 0 Å². The van der Waals surface area contributed by atoms with Gasteiger partial charge in [-0.2, -0.15) is 0 Å². The molecule has 2 atom stereocenters. The zero-order valence-electron chi connectivity index (χ0n) is 16.4. The van der Waals surface area contributed by atoms with E-state index in [-0.39, 0.29) is 24.4 Å². The molecular formula is C22H25N3O3S. The molecule has 2 N–H and O–H groups in total. The Morgan fingerprint density at radius 3 is 2.83 bits per heavy atom. The Kier molecular flexibility index (Phi) is 5.41. The summed E-state index contributed by atoms with van der Waals surface area (Å²) < 4.78 is 0. The third-order valence-electron chi connectivity index (χ3n) is 5.75. The molecule has 29 heavy (non-hydrogen) atoms. The first-order valence-corrected chi connectivity index (χ1v) is 11.0. The van der Waals surface area contributed by atoms with Crippen molar-refractivity contribution in [3.05, 3.63) is 57.8 Å². The second kappa shape index (κ2) is 7.99. The van der Waals surface area contributed by atoms with Gasteiger partial charge in [-0.15, -0.1) is 11.3 Å². The minimum absolute atomic E-state index is 0.137. The summed E-state index contributed by atoms with van der Waals surface area (Å²) in [7, 11) is 0. The number of carbonyl (C=O) groups excluding carboxylic acids is 3. The van der Waals surface area contributed by atoms with Gasteiger partial charge in [-0.3, -0.25) is 14.5 Å². The van der Waals surface area contributed by atoms with E-state index in [9.17, 15) is 14.4 Å². The maximum Gasteiger partial charge on any atom is 0.325 e. The van der Waals surface area contributed by atoms with Crippen LogP contribution in [0.4, 0.5) is 4.79 Å². The molecule has 0 radical (unpaired) electrons. The Hall–Kier alpha value is -2.67. The smallest absolute Gasteiger partial charge is 0.325 e. The number of imide groups is 1. The lowest BCUT2D eigenvalue weighted by Gasteiger charge is -2.31. The number of nitrogens with one attached hydrogen (secondary N) is 2. The van der Waals surface area contributed by atoms with Crippen LogP contribution >= 0.6 is 11.3 Å². The standard InChI is InChI=1S/C22H25N3O3S/c1-2-7-17(15-8-4-3-5-9-15)23-19(26)14-25-20(27)22(24-21(25)28)12-6-10-18-16(22)11-13-29-18/h3-5,8-9,11,13,17H,2,6-7,10,12,14H2,1H3,(H,23,26)(H,24,28)/t17-,22-/m1/s1. The summed E-state index contributed by atoms with van der Waals surface area (Å²) in [6, 6.07) is 11.1. The molecule has 1 aromatic heterocycles. The minimum Gasteiger partial charge on any atom is -0.348 e. The number of aryl methyl sites for hydroxylation is 1. The molecule has 152 valence electrons. The number of nitrogens with zero attached hydrogens (tertiary/aromatic N) is 1. The first kappa shape index (κ1) is 19.6. The van der Waals surface area contributed by atoms with Gasteiger partial charge in [0.25, 0.3) is 5.91 Å². The Morgan fingerprint density at radius 1 is 1.28 bits per heavy atom.